The number of para-hydroxylation sites is 1. The molecule has 0 saturated carbocycles. The molecular formula is C15H20FN3O2. The molecule has 1 rings (SSSR count). The standard InChI is InChI=1S/C15H20FN3O2/c1-10(18-14(20)21-15(2,3)4)13(9-17)19-12-8-6-5-7-11(12)16/h5-8,10,13,19H,1-4H3,(H,18,20). The highest BCUT2D eigenvalue weighted by atomic mass is 19.1. The molecule has 2 atom stereocenters. The highest BCUT2D eigenvalue weighted by Crippen LogP contribution is 2.15. The van der Waals surface area contributed by atoms with E-state index in [2.05, 4.69) is 10.6 Å². The van der Waals surface area contributed by atoms with Gasteiger partial charge in [-0.15, -0.1) is 0 Å². The second-order valence-electron chi connectivity index (χ2n) is 5.67. The van der Waals surface area contributed by atoms with Crippen LogP contribution < -0.4 is 10.6 Å². The zero-order valence-corrected chi connectivity index (χ0v) is 12.6. The van der Waals surface area contributed by atoms with Crippen LogP contribution in [-0.2, 0) is 4.74 Å². The molecule has 0 aromatic heterocycles. The number of ether oxygens (including phenoxy) is 1. The van der Waals surface area contributed by atoms with Crippen LogP contribution in [0, 0.1) is 17.1 Å². The van der Waals surface area contributed by atoms with Crippen LogP contribution in [0.4, 0.5) is 14.9 Å². The molecule has 2 N–H and O–H groups in total. The Kier molecular flexibility index (Phi) is 5.53. The van der Waals surface area contributed by atoms with Gasteiger partial charge in [-0.3, -0.25) is 0 Å². The van der Waals surface area contributed by atoms with E-state index in [-0.39, 0.29) is 5.69 Å². The van der Waals surface area contributed by atoms with E-state index in [0.29, 0.717) is 0 Å². The largest absolute Gasteiger partial charge is 0.444 e. The molecule has 0 fully saturated rings. The van der Waals surface area contributed by atoms with Gasteiger partial charge in [0.15, 0.2) is 0 Å². The predicted octanol–water partition coefficient (Wildman–Crippen LogP) is 3.04. The SMILES string of the molecule is CC(NC(=O)OC(C)(C)C)C(C#N)Nc1ccccc1F. The summed E-state index contributed by atoms with van der Waals surface area (Å²) in [6.07, 6.45) is -0.620. The first-order chi connectivity index (χ1) is 9.73. The molecule has 0 bridgehead atoms. The molecule has 5 nitrogen and oxygen atoms in total. The molecule has 114 valence electrons. The van der Waals surface area contributed by atoms with Crippen molar-refractivity contribution in [1.82, 2.24) is 5.32 Å². The maximum Gasteiger partial charge on any atom is 0.407 e. The zero-order valence-electron chi connectivity index (χ0n) is 12.6. The van der Waals surface area contributed by atoms with Crippen LogP contribution in [0.5, 0.6) is 0 Å². The lowest BCUT2D eigenvalue weighted by atomic mass is 10.1. The van der Waals surface area contributed by atoms with Crippen LogP contribution in [0.2, 0.25) is 0 Å². The summed E-state index contributed by atoms with van der Waals surface area (Å²) in [5, 5.41) is 14.5. The van der Waals surface area contributed by atoms with Gasteiger partial charge in [0.05, 0.1) is 17.8 Å². The Labute approximate surface area is 124 Å². The number of carbonyl (C=O) groups excluding carboxylic acids is 1. The van der Waals surface area contributed by atoms with Gasteiger partial charge < -0.3 is 15.4 Å². The number of rotatable bonds is 4. The monoisotopic (exact) mass is 293 g/mol. The average Bonchev–Trinajstić information content (AvgIpc) is 2.35. The number of halogens is 1. The molecule has 0 spiro atoms. The van der Waals surface area contributed by atoms with E-state index in [1.165, 1.54) is 12.1 Å². The van der Waals surface area contributed by atoms with Crippen LogP contribution in [0.25, 0.3) is 0 Å². The number of hydrogen-bond donors (Lipinski definition) is 2. The van der Waals surface area contributed by atoms with Crippen LogP contribution in [0.15, 0.2) is 24.3 Å². The van der Waals surface area contributed by atoms with Crippen molar-refractivity contribution >= 4 is 11.8 Å². The summed E-state index contributed by atoms with van der Waals surface area (Å²) >= 11 is 0. The van der Waals surface area contributed by atoms with Crippen LogP contribution in [0.1, 0.15) is 27.7 Å². The maximum absolute atomic E-state index is 13.6. The third-order valence-corrected chi connectivity index (χ3v) is 2.57. The van der Waals surface area contributed by atoms with Crippen molar-refractivity contribution in [2.24, 2.45) is 0 Å². The summed E-state index contributed by atoms with van der Waals surface area (Å²) in [5.74, 6) is -0.456. The number of carbonyl (C=O) groups is 1. The Balaban J connectivity index is 2.66. The van der Waals surface area contributed by atoms with Gasteiger partial charge in [-0.2, -0.15) is 5.26 Å². The smallest absolute Gasteiger partial charge is 0.407 e. The van der Waals surface area contributed by atoms with Crippen LogP contribution in [0.3, 0.4) is 0 Å². The molecule has 21 heavy (non-hydrogen) atoms. The minimum atomic E-state index is -0.783. The van der Waals surface area contributed by atoms with Crippen LogP contribution in [-0.4, -0.2) is 23.8 Å². The Bertz CT molecular complexity index is 534. The molecule has 1 amide bonds. The normalized spacial score (nSPS) is 13.7. The van der Waals surface area contributed by atoms with E-state index in [9.17, 15) is 9.18 Å². The summed E-state index contributed by atoms with van der Waals surface area (Å²) in [4.78, 5) is 11.7. The Morgan fingerprint density at radius 2 is 2.00 bits per heavy atom. The Morgan fingerprint density at radius 3 is 2.52 bits per heavy atom. The summed E-state index contributed by atoms with van der Waals surface area (Å²) in [5.41, 5.74) is -0.410. The fourth-order valence-electron chi connectivity index (χ4n) is 1.59. The van der Waals surface area contributed by atoms with Gasteiger partial charge in [0, 0.05) is 0 Å². The predicted molar refractivity (Wildman–Crippen MR) is 78.3 cm³/mol. The molecule has 1 aromatic rings. The summed E-state index contributed by atoms with van der Waals surface area (Å²) in [6.45, 7) is 6.88. The summed E-state index contributed by atoms with van der Waals surface area (Å²) in [6, 6.07) is 6.70. The van der Waals surface area contributed by atoms with E-state index in [1.807, 2.05) is 6.07 Å². The first-order valence-corrected chi connectivity index (χ1v) is 6.63. The molecule has 0 radical (unpaired) electrons. The molecule has 0 aliphatic rings. The van der Waals surface area contributed by atoms with Crippen LogP contribution >= 0.6 is 0 Å². The van der Waals surface area contributed by atoms with Gasteiger partial charge in [0.2, 0.25) is 0 Å². The zero-order chi connectivity index (χ0) is 16.0. The number of hydrogen-bond acceptors (Lipinski definition) is 4. The van der Waals surface area contributed by atoms with E-state index >= 15 is 0 Å². The average molecular weight is 293 g/mol. The lowest BCUT2D eigenvalue weighted by molar-refractivity contribution is 0.0507. The van der Waals surface area contributed by atoms with Gasteiger partial charge in [-0.1, -0.05) is 12.1 Å². The molecule has 2 unspecified atom stereocenters. The molecule has 0 saturated heterocycles. The number of nitriles is 1. The second kappa shape index (κ2) is 6.93. The summed E-state index contributed by atoms with van der Waals surface area (Å²) in [7, 11) is 0. The van der Waals surface area contributed by atoms with E-state index < -0.39 is 29.6 Å². The van der Waals surface area contributed by atoms with Gasteiger partial charge >= 0.3 is 6.09 Å². The quantitative estimate of drug-likeness (QED) is 0.894. The van der Waals surface area contributed by atoms with E-state index in [0.717, 1.165) is 0 Å². The van der Waals surface area contributed by atoms with Gasteiger partial charge in [-0.25, -0.2) is 9.18 Å². The number of alkyl carbamates (subject to hydrolysis) is 1. The van der Waals surface area contributed by atoms with Crippen molar-refractivity contribution < 1.29 is 13.9 Å². The third-order valence-electron chi connectivity index (χ3n) is 2.57. The van der Waals surface area contributed by atoms with Crippen molar-refractivity contribution in [3.8, 4) is 6.07 Å². The van der Waals surface area contributed by atoms with E-state index in [4.69, 9.17) is 10.00 Å². The lowest BCUT2D eigenvalue weighted by Crippen LogP contribution is -2.46. The number of nitrogens with one attached hydrogen (secondary N) is 2. The molecule has 0 aliphatic carbocycles. The maximum atomic E-state index is 13.6. The highest BCUT2D eigenvalue weighted by molar-refractivity contribution is 5.68. The fourth-order valence-corrected chi connectivity index (χ4v) is 1.59. The topological polar surface area (TPSA) is 74.1 Å². The first kappa shape index (κ1) is 16.8. The van der Waals surface area contributed by atoms with Crippen molar-refractivity contribution in [3.05, 3.63) is 30.1 Å². The number of nitrogens with zero attached hydrogens (tertiary/aromatic N) is 1. The Morgan fingerprint density at radius 1 is 1.38 bits per heavy atom. The minimum Gasteiger partial charge on any atom is -0.444 e. The van der Waals surface area contributed by atoms with Crippen molar-refractivity contribution in [2.75, 3.05) is 5.32 Å². The fraction of sp³-hybridized carbons (Fsp3) is 0.467. The first-order valence-electron chi connectivity index (χ1n) is 6.63. The molecule has 1 aromatic carbocycles. The third kappa shape index (κ3) is 5.69. The lowest BCUT2D eigenvalue weighted by Gasteiger charge is -2.24. The van der Waals surface area contributed by atoms with Gasteiger partial charge in [-0.05, 0) is 39.8 Å². The number of anilines is 1. The van der Waals surface area contributed by atoms with Crippen molar-refractivity contribution in [2.45, 2.75) is 45.4 Å². The van der Waals surface area contributed by atoms with Gasteiger partial charge in [0.1, 0.15) is 17.5 Å². The molecular weight excluding hydrogens is 273 g/mol. The number of benzene rings is 1. The Hall–Kier alpha value is -2.29. The highest BCUT2D eigenvalue weighted by Gasteiger charge is 2.23. The van der Waals surface area contributed by atoms with E-state index in [1.54, 1.807) is 39.8 Å². The second-order valence-corrected chi connectivity index (χ2v) is 5.67. The molecule has 0 aliphatic heterocycles. The van der Waals surface area contributed by atoms with Crippen molar-refractivity contribution in [1.29, 1.82) is 5.26 Å². The molecule has 0 heterocycles. The minimum absolute atomic E-state index is 0.210. The summed E-state index contributed by atoms with van der Waals surface area (Å²) < 4.78 is 18.7. The van der Waals surface area contributed by atoms with Crippen molar-refractivity contribution in [3.63, 3.8) is 0 Å². The molecule has 6 heteroatoms. The number of amides is 1. The van der Waals surface area contributed by atoms with Gasteiger partial charge in [0.25, 0.3) is 0 Å².